The van der Waals surface area contributed by atoms with Crippen LogP contribution in [0.15, 0.2) is 40.8 Å². The molecule has 2 heterocycles. The molecule has 0 spiro atoms. The topological polar surface area (TPSA) is 33.5 Å². The number of furan rings is 1. The van der Waals surface area contributed by atoms with E-state index in [2.05, 4.69) is 19.1 Å². The van der Waals surface area contributed by atoms with Crippen molar-refractivity contribution >= 4 is 17.7 Å². The highest BCUT2D eigenvalue weighted by molar-refractivity contribution is 7.99. The lowest BCUT2D eigenvalue weighted by atomic mass is 10.0. The summed E-state index contributed by atoms with van der Waals surface area (Å²) in [4.78, 5) is 14.8. The maximum Gasteiger partial charge on any atom is 0.255 e. The van der Waals surface area contributed by atoms with Crippen LogP contribution in [0.4, 0.5) is 0 Å². The van der Waals surface area contributed by atoms with Crippen LogP contribution in [0.3, 0.4) is 0 Å². The lowest BCUT2D eigenvalue weighted by molar-refractivity contribution is 0.0749. The van der Waals surface area contributed by atoms with E-state index in [-0.39, 0.29) is 11.3 Å². The van der Waals surface area contributed by atoms with Gasteiger partial charge in [0.15, 0.2) is 0 Å². The molecule has 2 aromatic rings. The Balaban J connectivity index is 1.63. The number of nitrogens with zero attached hydrogens (tertiary/aromatic N) is 1. The van der Waals surface area contributed by atoms with E-state index in [0.29, 0.717) is 0 Å². The maximum absolute atomic E-state index is 12.9. The zero-order valence-electron chi connectivity index (χ0n) is 15.2. The van der Waals surface area contributed by atoms with Crippen LogP contribution in [0.5, 0.6) is 0 Å². The summed E-state index contributed by atoms with van der Waals surface area (Å²) in [6.45, 7) is 4.94. The van der Waals surface area contributed by atoms with Crippen molar-refractivity contribution in [3.63, 3.8) is 0 Å². The first-order valence-electron chi connectivity index (χ1n) is 9.27. The van der Waals surface area contributed by atoms with E-state index in [0.717, 1.165) is 35.8 Å². The standard InChI is InChI=1S/C21H27NO2S/c1-3-4-5-6-7-17-9-11-18(12-10-17)20(23)22-14-15-25-21(22)19-13-8-16(2)24-19/h8-13,21H,3-7,14-15H2,1-2H3/t21-/m0/s1. The average molecular weight is 358 g/mol. The number of hydrogen-bond acceptors (Lipinski definition) is 3. The summed E-state index contributed by atoms with van der Waals surface area (Å²) < 4.78 is 5.75. The van der Waals surface area contributed by atoms with E-state index >= 15 is 0 Å². The molecule has 0 radical (unpaired) electrons. The van der Waals surface area contributed by atoms with Crippen LogP contribution < -0.4 is 0 Å². The van der Waals surface area contributed by atoms with Gasteiger partial charge in [-0.3, -0.25) is 4.79 Å². The molecular weight excluding hydrogens is 330 g/mol. The number of thioether (sulfide) groups is 1. The van der Waals surface area contributed by atoms with Gasteiger partial charge in [0, 0.05) is 17.9 Å². The fraction of sp³-hybridized carbons (Fsp3) is 0.476. The summed E-state index contributed by atoms with van der Waals surface area (Å²) in [6.07, 6.45) is 6.17. The molecule has 0 unspecified atom stereocenters. The first kappa shape index (κ1) is 18.1. The van der Waals surface area contributed by atoms with Gasteiger partial charge in [0.2, 0.25) is 0 Å². The van der Waals surface area contributed by atoms with Crippen molar-refractivity contribution in [2.24, 2.45) is 0 Å². The van der Waals surface area contributed by atoms with Crippen molar-refractivity contribution in [2.45, 2.75) is 51.3 Å². The number of carbonyl (C=O) groups is 1. The third-order valence-corrected chi connectivity index (χ3v) is 5.90. The van der Waals surface area contributed by atoms with Crippen LogP contribution in [0.25, 0.3) is 0 Å². The van der Waals surface area contributed by atoms with Crippen molar-refractivity contribution in [1.29, 1.82) is 0 Å². The Morgan fingerprint density at radius 1 is 1.16 bits per heavy atom. The Labute approximate surface area is 154 Å². The normalized spacial score (nSPS) is 17.2. The molecule has 1 aliphatic rings. The molecule has 3 rings (SSSR count). The molecule has 0 N–H and O–H groups in total. The van der Waals surface area contributed by atoms with Gasteiger partial charge in [0.05, 0.1) is 0 Å². The number of unbranched alkanes of at least 4 members (excludes halogenated alkanes) is 3. The molecule has 1 aromatic heterocycles. The minimum absolute atomic E-state index is 0.00470. The van der Waals surface area contributed by atoms with Crippen LogP contribution >= 0.6 is 11.8 Å². The molecule has 0 aliphatic carbocycles. The lowest BCUT2D eigenvalue weighted by Crippen LogP contribution is -2.30. The fourth-order valence-corrected chi connectivity index (χ4v) is 4.43. The summed E-state index contributed by atoms with van der Waals surface area (Å²) in [6, 6.07) is 12.1. The fourth-order valence-electron chi connectivity index (χ4n) is 3.24. The van der Waals surface area contributed by atoms with Crippen molar-refractivity contribution in [2.75, 3.05) is 12.3 Å². The van der Waals surface area contributed by atoms with Gasteiger partial charge in [-0.25, -0.2) is 0 Å². The zero-order valence-corrected chi connectivity index (χ0v) is 16.0. The molecule has 3 nitrogen and oxygen atoms in total. The third kappa shape index (κ3) is 4.49. The summed E-state index contributed by atoms with van der Waals surface area (Å²) >= 11 is 1.77. The number of benzene rings is 1. The highest BCUT2D eigenvalue weighted by Crippen LogP contribution is 2.39. The van der Waals surface area contributed by atoms with E-state index in [1.54, 1.807) is 11.8 Å². The van der Waals surface area contributed by atoms with Crippen molar-refractivity contribution < 1.29 is 9.21 Å². The van der Waals surface area contributed by atoms with Crippen LogP contribution in [-0.2, 0) is 6.42 Å². The molecule has 1 atom stereocenters. The van der Waals surface area contributed by atoms with Gasteiger partial charge < -0.3 is 9.32 Å². The van der Waals surface area contributed by atoms with Gasteiger partial charge in [0.1, 0.15) is 16.9 Å². The van der Waals surface area contributed by atoms with E-state index in [1.165, 1.54) is 31.2 Å². The summed E-state index contributed by atoms with van der Waals surface area (Å²) in [5.74, 6) is 2.82. The van der Waals surface area contributed by atoms with Gasteiger partial charge in [-0.2, -0.15) is 0 Å². The molecule has 1 fully saturated rings. The molecule has 1 saturated heterocycles. The molecule has 25 heavy (non-hydrogen) atoms. The lowest BCUT2D eigenvalue weighted by Gasteiger charge is -2.22. The molecule has 1 aliphatic heterocycles. The minimum atomic E-state index is -0.00470. The van der Waals surface area contributed by atoms with Gasteiger partial charge in [-0.1, -0.05) is 38.3 Å². The monoisotopic (exact) mass is 357 g/mol. The predicted molar refractivity (Wildman–Crippen MR) is 104 cm³/mol. The molecular formula is C21H27NO2S. The second-order valence-corrected chi connectivity index (χ2v) is 7.87. The van der Waals surface area contributed by atoms with E-state index < -0.39 is 0 Å². The number of hydrogen-bond donors (Lipinski definition) is 0. The first-order chi connectivity index (χ1) is 12.2. The smallest absolute Gasteiger partial charge is 0.255 e. The zero-order chi connectivity index (χ0) is 17.6. The second kappa shape index (κ2) is 8.61. The number of rotatable bonds is 7. The Kier molecular flexibility index (Phi) is 6.24. The van der Waals surface area contributed by atoms with Crippen molar-refractivity contribution in [1.82, 2.24) is 4.90 Å². The van der Waals surface area contributed by atoms with Gasteiger partial charge in [0.25, 0.3) is 5.91 Å². The molecule has 0 bridgehead atoms. The van der Waals surface area contributed by atoms with Crippen LogP contribution in [-0.4, -0.2) is 23.1 Å². The number of carbonyl (C=O) groups excluding carboxylic acids is 1. The molecule has 4 heteroatoms. The SMILES string of the molecule is CCCCCCc1ccc(C(=O)N2CCS[C@H]2c2ccc(C)o2)cc1. The summed E-state index contributed by atoms with van der Waals surface area (Å²) in [5.41, 5.74) is 2.09. The second-order valence-electron chi connectivity index (χ2n) is 6.68. The third-order valence-electron chi connectivity index (χ3n) is 4.68. The van der Waals surface area contributed by atoms with Gasteiger partial charge >= 0.3 is 0 Å². The van der Waals surface area contributed by atoms with Gasteiger partial charge in [-0.15, -0.1) is 11.8 Å². The van der Waals surface area contributed by atoms with Crippen LogP contribution in [0, 0.1) is 6.92 Å². The van der Waals surface area contributed by atoms with E-state index in [1.807, 2.05) is 36.1 Å². The van der Waals surface area contributed by atoms with Crippen LogP contribution in [0.1, 0.15) is 65.4 Å². The first-order valence-corrected chi connectivity index (χ1v) is 10.3. The van der Waals surface area contributed by atoms with E-state index in [9.17, 15) is 4.79 Å². The van der Waals surface area contributed by atoms with E-state index in [4.69, 9.17) is 4.42 Å². The van der Waals surface area contributed by atoms with Crippen LogP contribution in [0.2, 0.25) is 0 Å². The Hall–Kier alpha value is -1.68. The number of aryl methyl sites for hydroxylation is 2. The molecule has 1 aromatic carbocycles. The molecule has 1 amide bonds. The predicted octanol–water partition coefficient (Wildman–Crippen LogP) is 5.60. The Morgan fingerprint density at radius 2 is 1.96 bits per heavy atom. The van der Waals surface area contributed by atoms with Crippen molar-refractivity contribution in [3.8, 4) is 0 Å². The largest absolute Gasteiger partial charge is 0.463 e. The van der Waals surface area contributed by atoms with Gasteiger partial charge in [-0.05, 0) is 49.6 Å². The molecule has 134 valence electrons. The maximum atomic E-state index is 12.9. The highest BCUT2D eigenvalue weighted by Gasteiger charge is 2.33. The van der Waals surface area contributed by atoms with Crippen molar-refractivity contribution in [3.05, 3.63) is 59.0 Å². The highest BCUT2D eigenvalue weighted by atomic mass is 32.2. The Bertz CT molecular complexity index is 692. The summed E-state index contributed by atoms with van der Waals surface area (Å²) in [7, 11) is 0. The number of amides is 1. The Morgan fingerprint density at radius 3 is 2.64 bits per heavy atom. The minimum Gasteiger partial charge on any atom is -0.463 e. The quantitative estimate of drug-likeness (QED) is 0.605. The average Bonchev–Trinajstić information content (AvgIpc) is 3.27. The summed E-state index contributed by atoms with van der Waals surface area (Å²) in [5, 5.41) is -0.00470. The molecule has 0 saturated carbocycles.